The minimum absolute atomic E-state index is 0.0611. The second-order valence-corrected chi connectivity index (χ2v) is 10.2. The second kappa shape index (κ2) is 12.3. The van der Waals surface area contributed by atoms with Crippen molar-refractivity contribution < 1.29 is 79.5 Å². The first-order valence-electron chi connectivity index (χ1n) is 13.2. The lowest BCUT2D eigenvalue weighted by Gasteiger charge is -2.39. The van der Waals surface area contributed by atoms with Crippen molar-refractivity contribution in [2.24, 2.45) is 0 Å². The van der Waals surface area contributed by atoms with Crippen LogP contribution < -0.4 is 14.9 Å². The number of phenols is 3. The van der Waals surface area contributed by atoms with Crippen molar-refractivity contribution >= 4 is 11.0 Å². The first kappa shape index (κ1) is 31.7. The summed E-state index contributed by atoms with van der Waals surface area (Å²) in [5, 5.41) is 110. The molecule has 0 amide bonds. The van der Waals surface area contributed by atoms with E-state index in [1.54, 1.807) is 0 Å². The summed E-state index contributed by atoms with van der Waals surface area (Å²) >= 11 is 0. The van der Waals surface area contributed by atoms with E-state index in [-0.39, 0.29) is 16.9 Å². The summed E-state index contributed by atoms with van der Waals surface area (Å²) in [5.74, 6) is -3.30. The summed E-state index contributed by atoms with van der Waals surface area (Å²) < 4.78 is 27.6. The number of hydrogen-bond donors (Lipinski definition) is 11. The lowest BCUT2D eigenvalue weighted by atomic mass is 9.99. The lowest BCUT2D eigenvalue weighted by molar-refractivity contribution is -0.277. The fourth-order valence-electron chi connectivity index (χ4n) is 4.89. The predicted octanol–water partition coefficient (Wildman–Crippen LogP) is -3.07. The van der Waals surface area contributed by atoms with Gasteiger partial charge in [0.15, 0.2) is 17.3 Å². The number of aliphatic hydroxyl groups is 8. The maximum absolute atomic E-state index is 13.7. The Kier molecular flexibility index (Phi) is 8.87. The Hall–Kier alpha value is -3.75. The molecule has 10 atom stereocenters. The third-order valence-corrected chi connectivity index (χ3v) is 7.30. The molecule has 17 heteroatoms. The van der Waals surface area contributed by atoms with Crippen molar-refractivity contribution in [1.29, 1.82) is 0 Å². The third-order valence-electron chi connectivity index (χ3n) is 7.30. The zero-order valence-corrected chi connectivity index (χ0v) is 22.4. The monoisotopic (exact) mass is 626 g/mol. The summed E-state index contributed by atoms with van der Waals surface area (Å²) in [6, 6.07) is 5.30. The van der Waals surface area contributed by atoms with Crippen LogP contribution >= 0.6 is 0 Å². The molecule has 2 fully saturated rings. The number of ether oxygens (including phenoxy) is 4. The molecule has 0 unspecified atom stereocenters. The van der Waals surface area contributed by atoms with E-state index in [0.717, 1.165) is 24.3 Å². The smallest absolute Gasteiger partial charge is 0.239 e. The van der Waals surface area contributed by atoms with Crippen molar-refractivity contribution in [2.45, 2.75) is 61.4 Å². The van der Waals surface area contributed by atoms with E-state index in [1.807, 2.05) is 0 Å². The number of hydrogen-bond acceptors (Lipinski definition) is 17. The molecule has 17 nitrogen and oxygen atoms in total. The highest BCUT2D eigenvalue weighted by atomic mass is 16.7. The maximum Gasteiger partial charge on any atom is 0.239 e. The van der Waals surface area contributed by atoms with Gasteiger partial charge in [0.2, 0.25) is 23.8 Å². The Labute approximate surface area is 246 Å². The molecule has 2 aromatic carbocycles. The van der Waals surface area contributed by atoms with Crippen LogP contribution in [0.25, 0.3) is 22.3 Å². The number of benzene rings is 2. The van der Waals surface area contributed by atoms with E-state index in [9.17, 15) is 61.0 Å². The molecule has 1 aromatic heterocycles. The molecule has 0 aliphatic carbocycles. The van der Waals surface area contributed by atoms with Crippen LogP contribution in [0.1, 0.15) is 0 Å². The minimum Gasteiger partial charge on any atom is -0.507 e. The number of aromatic hydroxyl groups is 3. The Morgan fingerprint density at radius 1 is 0.773 bits per heavy atom. The van der Waals surface area contributed by atoms with Gasteiger partial charge in [-0.2, -0.15) is 0 Å². The van der Waals surface area contributed by atoms with E-state index in [4.69, 9.17) is 23.4 Å². The average molecular weight is 627 g/mol. The molecular formula is C27H30O17. The molecule has 11 N–H and O–H groups in total. The highest BCUT2D eigenvalue weighted by Crippen LogP contribution is 2.40. The highest BCUT2D eigenvalue weighted by molar-refractivity contribution is 5.88. The van der Waals surface area contributed by atoms with Crippen LogP contribution in [0.15, 0.2) is 39.5 Å². The van der Waals surface area contributed by atoms with Crippen LogP contribution in [-0.2, 0) is 9.47 Å². The second-order valence-electron chi connectivity index (χ2n) is 10.2. The molecule has 3 aromatic rings. The van der Waals surface area contributed by atoms with Crippen molar-refractivity contribution in [3.05, 3.63) is 40.6 Å². The van der Waals surface area contributed by atoms with Crippen LogP contribution in [0.4, 0.5) is 0 Å². The zero-order valence-electron chi connectivity index (χ0n) is 22.4. The molecule has 0 radical (unpaired) electrons. The van der Waals surface area contributed by atoms with Crippen molar-refractivity contribution in [3.63, 3.8) is 0 Å². The number of rotatable bonds is 8. The summed E-state index contributed by atoms with van der Waals surface area (Å²) in [7, 11) is 0. The topological polar surface area (TPSA) is 290 Å². The first-order valence-corrected chi connectivity index (χ1v) is 13.2. The van der Waals surface area contributed by atoms with Crippen molar-refractivity contribution in [2.75, 3.05) is 13.2 Å². The van der Waals surface area contributed by atoms with E-state index in [0.29, 0.717) is 0 Å². The molecule has 2 aliphatic rings. The normalized spacial score (nSPS) is 31.2. The molecule has 0 bridgehead atoms. The quantitative estimate of drug-likeness (QED) is 0.111. The predicted molar refractivity (Wildman–Crippen MR) is 142 cm³/mol. The van der Waals surface area contributed by atoms with Gasteiger partial charge in [0.25, 0.3) is 0 Å². The standard InChI is InChI=1S/C27H30O17/c28-6-13(33)24-20(37)22(39)27(43-24)44-25-18(35)16-12(32)4-9(40-26-21(38)19(36)17(34)15(7-29)42-26)5-14(16)41-23(25)8-1-2-10(30)11(31)3-8/h1-5,13,15,17,19-22,24,26-34,36-39H,6-7H2/t13-,15+,17+,19-,20+,21+,22+,24+,26+,27-/m0/s1. The largest absolute Gasteiger partial charge is 0.507 e. The molecule has 44 heavy (non-hydrogen) atoms. The SMILES string of the molecule is O=c1c(O[C@@H]2O[C@H]([C@@H](O)CO)[C@H](O)[C@H]2O)c(-c2ccc(O)c(O)c2)oc2cc(O[C@@H]3O[C@H](CO)[C@@H](O)[C@H](O)[C@H]3O)cc(O)c12. The maximum atomic E-state index is 13.7. The summed E-state index contributed by atoms with van der Waals surface area (Å²) in [6.45, 7) is -1.57. The van der Waals surface area contributed by atoms with Crippen molar-refractivity contribution in [1.82, 2.24) is 0 Å². The Morgan fingerprint density at radius 3 is 2.11 bits per heavy atom. The van der Waals surface area contributed by atoms with Crippen LogP contribution in [0.3, 0.4) is 0 Å². The molecule has 240 valence electrons. The van der Waals surface area contributed by atoms with Gasteiger partial charge in [-0.15, -0.1) is 0 Å². The van der Waals surface area contributed by atoms with Gasteiger partial charge in [-0.25, -0.2) is 0 Å². The Balaban J connectivity index is 1.58. The van der Waals surface area contributed by atoms with Crippen LogP contribution in [0.5, 0.6) is 28.7 Å². The highest BCUT2D eigenvalue weighted by Gasteiger charge is 2.48. The van der Waals surface area contributed by atoms with Gasteiger partial charge < -0.3 is 79.5 Å². The molecule has 2 aliphatic heterocycles. The molecular weight excluding hydrogens is 596 g/mol. The van der Waals surface area contributed by atoms with Gasteiger partial charge in [0.1, 0.15) is 71.3 Å². The van der Waals surface area contributed by atoms with E-state index < -0.39 is 114 Å². The minimum atomic E-state index is -1.83. The molecule has 0 saturated carbocycles. The summed E-state index contributed by atoms with van der Waals surface area (Å²) in [4.78, 5) is 13.7. The van der Waals surface area contributed by atoms with Gasteiger partial charge in [0, 0.05) is 17.7 Å². The molecule has 2 saturated heterocycles. The lowest BCUT2D eigenvalue weighted by Crippen LogP contribution is -2.60. The Bertz CT molecular complexity index is 1560. The Morgan fingerprint density at radius 2 is 1.45 bits per heavy atom. The van der Waals surface area contributed by atoms with Gasteiger partial charge in [0.05, 0.1) is 13.2 Å². The fourth-order valence-corrected chi connectivity index (χ4v) is 4.89. The van der Waals surface area contributed by atoms with Crippen LogP contribution in [-0.4, -0.2) is 131 Å². The van der Waals surface area contributed by atoms with Gasteiger partial charge in [-0.1, -0.05) is 0 Å². The van der Waals surface area contributed by atoms with E-state index in [1.165, 1.54) is 6.07 Å². The number of fused-ring (bicyclic) bond motifs is 1. The van der Waals surface area contributed by atoms with Gasteiger partial charge >= 0.3 is 0 Å². The van der Waals surface area contributed by atoms with Crippen LogP contribution in [0, 0.1) is 0 Å². The molecule has 3 heterocycles. The first-order chi connectivity index (χ1) is 20.9. The number of phenolic OH excluding ortho intramolecular Hbond substituents is 3. The summed E-state index contributed by atoms with van der Waals surface area (Å²) in [6.07, 6.45) is -16.7. The third kappa shape index (κ3) is 5.61. The fraction of sp³-hybridized carbons (Fsp3) is 0.444. The van der Waals surface area contributed by atoms with E-state index >= 15 is 0 Å². The van der Waals surface area contributed by atoms with Gasteiger partial charge in [-0.3, -0.25) is 4.79 Å². The van der Waals surface area contributed by atoms with E-state index in [2.05, 4.69) is 0 Å². The van der Waals surface area contributed by atoms with Crippen LogP contribution in [0.2, 0.25) is 0 Å². The molecule has 5 rings (SSSR count). The zero-order chi connectivity index (χ0) is 32.0. The average Bonchev–Trinajstić information content (AvgIpc) is 3.28. The molecule has 0 spiro atoms. The summed E-state index contributed by atoms with van der Waals surface area (Å²) in [5.41, 5.74) is -1.47. The number of aliphatic hydroxyl groups excluding tert-OH is 8. The van der Waals surface area contributed by atoms with Gasteiger partial charge in [-0.05, 0) is 18.2 Å². The van der Waals surface area contributed by atoms with Crippen molar-refractivity contribution in [3.8, 4) is 40.1 Å².